The van der Waals surface area contributed by atoms with Gasteiger partial charge >= 0.3 is 0 Å². The molecule has 0 aromatic carbocycles. The van der Waals surface area contributed by atoms with E-state index in [0.29, 0.717) is 23.1 Å². The van der Waals surface area contributed by atoms with Crippen molar-refractivity contribution in [2.24, 2.45) is 5.92 Å². The molecular formula is C15H25N3O2S. The minimum atomic E-state index is -0.202. The van der Waals surface area contributed by atoms with E-state index in [2.05, 4.69) is 28.7 Å². The smallest absolute Gasteiger partial charge is 0.258 e. The third-order valence-corrected chi connectivity index (χ3v) is 4.64. The molecule has 118 valence electrons. The number of aromatic hydroxyl groups is 1. The maximum Gasteiger partial charge on any atom is 0.258 e. The van der Waals surface area contributed by atoms with Gasteiger partial charge in [0.15, 0.2) is 5.16 Å². The first kappa shape index (κ1) is 16.4. The Balaban J connectivity index is 1.90. The van der Waals surface area contributed by atoms with E-state index < -0.39 is 0 Å². The zero-order valence-electron chi connectivity index (χ0n) is 12.9. The molecule has 1 aromatic heterocycles. The molecule has 2 rings (SSSR count). The second kappa shape index (κ2) is 7.84. The molecule has 0 amide bonds. The SMILES string of the molecule is CC(C)CCc1c(O)nc(SCCN2CCCC2)[nH]c1=O. The van der Waals surface area contributed by atoms with Crippen LogP contribution in [0.25, 0.3) is 0 Å². The first-order chi connectivity index (χ1) is 10.1. The maximum atomic E-state index is 12.0. The quantitative estimate of drug-likeness (QED) is 0.597. The molecule has 1 aliphatic heterocycles. The maximum absolute atomic E-state index is 12.0. The highest BCUT2D eigenvalue weighted by Crippen LogP contribution is 2.19. The molecule has 1 aromatic rings. The second-order valence-electron chi connectivity index (χ2n) is 6.00. The fourth-order valence-electron chi connectivity index (χ4n) is 2.47. The molecule has 5 nitrogen and oxygen atoms in total. The average molecular weight is 311 g/mol. The lowest BCUT2D eigenvalue weighted by atomic mass is 10.0. The van der Waals surface area contributed by atoms with E-state index in [-0.39, 0.29) is 11.4 Å². The largest absolute Gasteiger partial charge is 0.493 e. The van der Waals surface area contributed by atoms with E-state index in [1.54, 1.807) is 0 Å². The fraction of sp³-hybridized carbons (Fsp3) is 0.733. The molecule has 0 saturated carbocycles. The van der Waals surface area contributed by atoms with E-state index in [4.69, 9.17) is 0 Å². The van der Waals surface area contributed by atoms with Crippen LogP contribution in [0.4, 0.5) is 0 Å². The third-order valence-electron chi connectivity index (χ3n) is 3.79. The zero-order valence-corrected chi connectivity index (χ0v) is 13.7. The summed E-state index contributed by atoms with van der Waals surface area (Å²) in [6, 6.07) is 0. The van der Waals surface area contributed by atoms with Crippen molar-refractivity contribution in [3.63, 3.8) is 0 Å². The fourth-order valence-corrected chi connectivity index (χ4v) is 3.33. The van der Waals surface area contributed by atoms with Crippen LogP contribution in [0.15, 0.2) is 9.95 Å². The molecular weight excluding hydrogens is 286 g/mol. The summed E-state index contributed by atoms with van der Waals surface area (Å²) in [4.78, 5) is 21.3. The summed E-state index contributed by atoms with van der Waals surface area (Å²) in [5, 5.41) is 10.5. The first-order valence-corrected chi connectivity index (χ1v) is 8.72. The van der Waals surface area contributed by atoms with Crippen molar-refractivity contribution in [1.82, 2.24) is 14.9 Å². The van der Waals surface area contributed by atoms with E-state index in [9.17, 15) is 9.90 Å². The van der Waals surface area contributed by atoms with Crippen molar-refractivity contribution in [1.29, 1.82) is 0 Å². The van der Waals surface area contributed by atoms with Crippen molar-refractivity contribution >= 4 is 11.8 Å². The monoisotopic (exact) mass is 311 g/mol. The van der Waals surface area contributed by atoms with Crippen LogP contribution < -0.4 is 5.56 Å². The van der Waals surface area contributed by atoms with Crippen LogP contribution in [0.2, 0.25) is 0 Å². The Labute approximate surface area is 130 Å². The van der Waals surface area contributed by atoms with Crippen molar-refractivity contribution in [3.8, 4) is 5.88 Å². The van der Waals surface area contributed by atoms with Crippen LogP contribution in [0.3, 0.4) is 0 Å². The number of nitrogens with zero attached hydrogens (tertiary/aromatic N) is 2. The van der Waals surface area contributed by atoms with Gasteiger partial charge in [0.05, 0.1) is 5.56 Å². The summed E-state index contributed by atoms with van der Waals surface area (Å²) in [5.41, 5.74) is 0.208. The molecule has 0 unspecified atom stereocenters. The normalized spacial score (nSPS) is 16.0. The molecule has 1 fully saturated rings. The highest BCUT2D eigenvalue weighted by molar-refractivity contribution is 7.99. The Morgan fingerprint density at radius 3 is 2.71 bits per heavy atom. The molecule has 0 radical (unpaired) electrons. The summed E-state index contributed by atoms with van der Waals surface area (Å²) in [7, 11) is 0. The van der Waals surface area contributed by atoms with Crippen molar-refractivity contribution in [2.75, 3.05) is 25.4 Å². The number of hydrogen-bond donors (Lipinski definition) is 2. The van der Waals surface area contributed by atoms with Gasteiger partial charge in [0.25, 0.3) is 5.56 Å². The number of hydrogen-bond acceptors (Lipinski definition) is 5. The van der Waals surface area contributed by atoms with Crippen LogP contribution in [0.1, 0.15) is 38.7 Å². The molecule has 0 spiro atoms. The predicted molar refractivity (Wildman–Crippen MR) is 86.1 cm³/mol. The van der Waals surface area contributed by atoms with Gasteiger partial charge in [0.2, 0.25) is 5.88 Å². The predicted octanol–water partition coefficient (Wildman–Crippen LogP) is 2.25. The van der Waals surface area contributed by atoms with Crippen LogP contribution in [0, 0.1) is 5.92 Å². The summed E-state index contributed by atoms with van der Waals surface area (Å²) in [5.74, 6) is 1.27. The Bertz CT molecular complexity index is 510. The molecule has 2 heterocycles. The van der Waals surface area contributed by atoms with Gasteiger partial charge in [-0.15, -0.1) is 0 Å². The molecule has 2 N–H and O–H groups in total. The van der Waals surface area contributed by atoms with Crippen LogP contribution >= 0.6 is 11.8 Å². The van der Waals surface area contributed by atoms with Crippen molar-refractivity contribution < 1.29 is 5.11 Å². The Kier molecular flexibility index (Phi) is 6.11. The molecule has 1 saturated heterocycles. The number of rotatable bonds is 7. The number of H-pyrrole nitrogens is 1. The summed E-state index contributed by atoms with van der Waals surface area (Å²) in [6.07, 6.45) is 4.01. The lowest BCUT2D eigenvalue weighted by molar-refractivity contribution is 0.362. The van der Waals surface area contributed by atoms with E-state index in [1.165, 1.54) is 37.7 Å². The van der Waals surface area contributed by atoms with E-state index >= 15 is 0 Å². The standard InChI is InChI=1S/C15H25N3O2S/c1-11(2)5-6-12-13(19)16-15(17-14(12)20)21-10-9-18-7-3-4-8-18/h11H,3-10H2,1-2H3,(H2,16,17,19,20). The van der Waals surface area contributed by atoms with Crippen LogP contribution in [0.5, 0.6) is 5.88 Å². The number of aromatic nitrogens is 2. The van der Waals surface area contributed by atoms with Crippen molar-refractivity contribution in [3.05, 3.63) is 15.9 Å². The average Bonchev–Trinajstić information content (AvgIpc) is 2.90. The highest BCUT2D eigenvalue weighted by Gasteiger charge is 2.13. The summed E-state index contributed by atoms with van der Waals surface area (Å²) in [6.45, 7) is 7.54. The third kappa shape index (κ3) is 5.04. The van der Waals surface area contributed by atoms with Gasteiger partial charge in [-0.05, 0) is 44.7 Å². The topological polar surface area (TPSA) is 69.2 Å². The first-order valence-electron chi connectivity index (χ1n) is 7.73. The minimum Gasteiger partial charge on any atom is -0.493 e. The highest BCUT2D eigenvalue weighted by atomic mass is 32.2. The van der Waals surface area contributed by atoms with Gasteiger partial charge in [-0.25, -0.2) is 0 Å². The minimum absolute atomic E-state index is 0.108. The van der Waals surface area contributed by atoms with Gasteiger partial charge in [0.1, 0.15) is 0 Å². The Morgan fingerprint density at radius 1 is 1.38 bits per heavy atom. The molecule has 0 atom stereocenters. The molecule has 0 bridgehead atoms. The van der Waals surface area contributed by atoms with Gasteiger partial charge in [-0.3, -0.25) is 4.79 Å². The van der Waals surface area contributed by atoms with Crippen LogP contribution in [-0.2, 0) is 6.42 Å². The molecule has 6 heteroatoms. The molecule has 1 aliphatic rings. The van der Waals surface area contributed by atoms with Crippen molar-refractivity contribution in [2.45, 2.75) is 44.7 Å². The lowest BCUT2D eigenvalue weighted by Crippen LogP contribution is -2.22. The molecule has 0 aliphatic carbocycles. The Hall–Kier alpha value is -1.01. The lowest BCUT2D eigenvalue weighted by Gasteiger charge is -2.13. The Morgan fingerprint density at radius 2 is 2.10 bits per heavy atom. The zero-order chi connectivity index (χ0) is 15.2. The van der Waals surface area contributed by atoms with Crippen LogP contribution in [-0.4, -0.2) is 45.4 Å². The van der Waals surface area contributed by atoms with E-state index in [1.807, 2.05) is 0 Å². The molecule has 21 heavy (non-hydrogen) atoms. The number of likely N-dealkylation sites (tertiary alicyclic amines) is 1. The number of nitrogens with one attached hydrogen (secondary N) is 1. The number of thioether (sulfide) groups is 1. The van der Waals surface area contributed by atoms with Gasteiger partial charge < -0.3 is 15.0 Å². The number of aromatic amines is 1. The summed E-state index contributed by atoms with van der Waals surface area (Å²) >= 11 is 1.50. The second-order valence-corrected chi connectivity index (χ2v) is 7.09. The van der Waals surface area contributed by atoms with E-state index in [0.717, 1.165) is 18.7 Å². The van der Waals surface area contributed by atoms with Gasteiger partial charge in [0, 0.05) is 12.3 Å². The summed E-state index contributed by atoms with van der Waals surface area (Å²) < 4.78 is 0. The van der Waals surface area contributed by atoms with Gasteiger partial charge in [-0.1, -0.05) is 25.6 Å². The van der Waals surface area contributed by atoms with Gasteiger partial charge in [-0.2, -0.15) is 4.98 Å².